The number of nitrogens with one attached hydrogen (secondary N) is 1. The third kappa shape index (κ3) is 3.34. The molecule has 0 aliphatic carbocycles. The minimum absolute atomic E-state index is 0.118. The van der Waals surface area contributed by atoms with Crippen molar-refractivity contribution in [3.05, 3.63) is 28.0 Å². The third-order valence-electron chi connectivity index (χ3n) is 2.90. The zero-order valence-electron chi connectivity index (χ0n) is 11.5. The predicted octanol–water partition coefficient (Wildman–Crippen LogP) is 2.39. The van der Waals surface area contributed by atoms with E-state index in [1.54, 1.807) is 13.1 Å². The number of nitrogens with zero attached hydrogens (tertiary/aromatic N) is 4. The molecule has 0 fully saturated rings. The monoisotopic (exact) mass is 313 g/mol. The predicted molar refractivity (Wildman–Crippen MR) is 77.8 cm³/mol. The number of halogens is 1. The Hall–Kier alpha value is -1.47. The molecule has 6 nitrogen and oxygen atoms in total. The number of amides is 1. The van der Waals surface area contributed by atoms with Crippen molar-refractivity contribution >= 4 is 29.0 Å². The Kier molecular flexibility index (Phi) is 4.72. The largest absolute Gasteiger partial charge is 0.349 e. The molecule has 0 radical (unpaired) electrons. The van der Waals surface area contributed by atoms with Crippen LogP contribution in [0.25, 0.3) is 0 Å². The van der Waals surface area contributed by atoms with E-state index in [4.69, 9.17) is 11.6 Å². The number of carbonyl (C=O) groups is 1. The van der Waals surface area contributed by atoms with Crippen molar-refractivity contribution in [2.45, 2.75) is 39.3 Å². The van der Waals surface area contributed by atoms with Crippen molar-refractivity contribution < 1.29 is 4.79 Å². The molecule has 0 unspecified atom stereocenters. The van der Waals surface area contributed by atoms with Crippen LogP contribution in [-0.2, 0) is 11.3 Å². The second kappa shape index (κ2) is 6.32. The molecule has 2 rings (SSSR count). The van der Waals surface area contributed by atoms with Gasteiger partial charge in [-0.25, -0.2) is 0 Å². The van der Waals surface area contributed by atoms with Crippen molar-refractivity contribution in [2.24, 2.45) is 0 Å². The van der Waals surface area contributed by atoms with E-state index in [9.17, 15) is 4.79 Å². The molecule has 1 N–H and O–H groups in total. The quantitative estimate of drug-likeness (QED) is 0.920. The third-order valence-corrected chi connectivity index (χ3v) is 3.83. The van der Waals surface area contributed by atoms with Gasteiger partial charge in [0.15, 0.2) is 0 Å². The van der Waals surface area contributed by atoms with E-state index < -0.39 is 6.04 Å². The fourth-order valence-electron chi connectivity index (χ4n) is 1.74. The van der Waals surface area contributed by atoms with Gasteiger partial charge in [-0.05, 0) is 24.4 Å². The first-order valence-electron chi connectivity index (χ1n) is 6.27. The first kappa shape index (κ1) is 14.9. The summed E-state index contributed by atoms with van der Waals surface area (Å²) in [5.41, 5.74) is 0.935. The van der Waals surface area contributed by atoms with Crippen LogP contribution < -0.4 is 5.32 Å². The van der Waals surface area contributed by atoms with Gasteiger partial charge in [-0.2, -0.15) is 5.10 Å². The van der Waals surface area contributed by atoms with Crippen molar-refractivity contribution in [3.63, 3.8) is 0 Å². The fourth-order valence-corrected chi connectivity index (χ4v) is 2.62. The molecule has 0 spiro atoms. The Morgan fingerprint density at radius 2 is 2.25 bits per heavy atom. The Labute approximate surface area is 126 Å². The number of rotatable bonds is 5. The van der Waals surface area contributed by atoms with Crippen LogP contribution in [0.15, 0.2) is 12.4 Å². The maximum Gasteiger partial charge on any atom is 0.244 e. The van der Waals surface area contributed by atoms with Crippen LogP contribution in [0.2, 0.25) is 5.02 Å². The van der Waals surface area contributed by atoms with Crippen LogP contribution >= 0.6 is 23.1 Å². The van der Waals surface area contributed by atoms with Gasteiger partial charge in [-0.3, -0.25) is 9.48 Å². The number of aromatic nitrogens is 4. The topological polar surface area (TPSA) is 72.7 Å². The van der Waals surface area contributed by atoms with Crippen LogP contribution in [0.4, 0.5) is 0 Å². The summed E-state index contributed by atoms with van der Waals surface area (Å²) < 4.78 is 5.47. The lowest BCUT2D eigenvalue weighted by molar-refractivity contribution is -0.124. The first-order valence-corrected chi connectivity index (χ1v) is 7.42. The minimum Gasteiger partial charge on any atom is -0.349 e. The standard InChI is InChI=1S/C12H16ClN5OS/c1-7(2)11-10(20-17-16-11)5-14-12(19)8(3)18-6-9(13)4-15-18/h4,6-8H,5H2,1-3H3,(H,14,19)/t8-/m1/s1. The summed E-state index contributed by atoms with van der Waals surface area (Å²) in [6.07, 6.45) is 3.13. The van der Waals surface area contributed by atoms with Gasteiger partial charge in [-0.1, -0.05) is 29.9 Å². The zero-order valence-corrected chi connectivity index (χ0v) is 13.1. The van der Waals surface area contributed by atoms with Gasteiger partial charge < -0.3 is 5.32 Å². The summed E-state index contributed by atoms with van der Waals surface area (Å²) >= 11 is 7.11. The Bertz CT molecular complexity index is 594. The van der Waals surface area contributed by atoms with Gasteiger partial charge in [-0.15, -0.1) is 5.10 Å². The lowest BCUT2D eigenvalue weighted by Gasteiger charge is -2.12. The molecule has 0 aliphatic heterocycles. The number of carbonyl (C=O) groups excluding carboxylic acids is 1. The minimum atomic E-state index is -0.411. The van der Waals surface area contributed by atoms with E-state index in [1.807, 2.05) is 0 Å². The van der Waals surface area contributed by atoms with Gasteiger partial charge in [0.05, 0.1) is 28.3 Å². The van der Waals surface area contributed by atoms with Gasteiger partial charge in [0.1, 0.15) is 6.04 Å². The lowest BCUT2D eigenvalue weighted by atomic mass is 10.1. The highest BCUT2D eigenvalue weighted by atomic mass is 35.5. The van der Waals surface area contributed by atoms with Crippen LogP contribution in [0, 0.1) is 0 Å². The second-order valence-corrected chi connectivity index (χ2v) is 6.04. The lowest BCUT2D eigenvalue weighted by Crippen LogP contribution is -2.30. The second-order valence-electron chi connectivity index (χ2n) is 4.77. The molecule has 1 amide bonds. The molecular formula is C12H16ClN5OS. The zero-order chi connectivity index (χ0) is 14.7. The maximum absolute atomic E-state index is 12.1. The molecule has 0 bridgehead atoms. The van der Waals surface area contributed by atoms with Gasteiger partial charge in [0.25, 0.3) is 0 Å². The van der Waals surface area contributed by atoms with Gasteiger partial charge in [0.2, 0.25) is 5.91 Å². The van der Waals surface area contributed by atoms with Crippen LogP contribution in [0.1, 0.15) is 43.3 Å². The first-order chi connectivity index (χ1) is 9.49. The SMILES string of the molecule is CC(C)c1nnsc1CNC(=O)[C@@H](C)n1cc(Cl)cn1. The fraction of sp³-hybridized carbons (Fsp3) is 0.500. The van der Waals surface area contributed by atoms with Gasteiger partial charge >= 0.3 is 0 Å². The Morgan fingerprint density at radius 3 is 2.85 bits per heavy atom. The molecule has 0 saturated carbocycles. The van der Waals surface area contributed by atoms with E-state index in [1.165, 1.54) is 22.4 Å². The molecule has 1 atom stereocenters. The molecule has 0 aliphatic rings. The van der Waals surface area contributed by atoms with Crippen LogP contribution in [0.5, 0.6) is 0 Å². The smallest absolute Gasteiger partial charge is 0.244 e. The van der Waals surface area contributed by atoms with E-state index in [-0.39, 0.29) is 5.91 Å². The van der Waals surface area contributed by atoms with Crippen LogP contribution in [-0.4, -0.2) is 25.3 Å². The van der Waals surface area contributed by atoms with Crippen LogP contribution in [0.3, 0.4) is 0 Å². The molecule has 2 heterocycles. The highest BCUT2D eigenvalue weighted by Gasteiger charge is 2.17. The summed E-state index contributed by atoms with van der Waals surface area (Å²) in [6.45, 7) is 6.31. The average molecular weight is 314 g/mol. The highest BCUT2D eigenvalue weighted by Crippen LogP contribution is 2.19. The molecule has 0 saturated heterocycles. The summed E-state index contributed by atoms with van der Waals surface area (Å²) in [4.78, 5) is 13.1. The Balaban J connectivity index is 1.96. The van der Waals surface area contributed by atoms with Gasteiger partial charge in [0, 0.05) is 6.20 Å². The molecular weight excluding hydrogens is 298 g/mol. The van der Waals surface area contributed by atoms with E-state index in [0.29, 0.717) is 17.5 Å². The normalized spacial score (nSPS) is 12.7. The molecule has 20 heavy (non-hydrogen) atoms. The molecule has 2 aromatic rings. The highest BCUT2D eigenvalue weighted by molar-refractivity contribution is 7.05. The summed E-state index contributed by atoms with van der Waals surface area (Å²) in [5.74, 6) is 0.177. The summed E-state index contributed by atoms with van der Waals surface area (Å²) in [7, 11) is 0. The van der Waals surface area contributed by atoms with Crippen molar-refractivity contribution in [3.8, 4) is 0 Å². The van der Waals surface area contributed by atoms with E-state index in [2.05, 4.69) is 33.8 Å². The van der Waals surface area contributed by atoms with E-state index >= 15 is 0 Å². The van der Waals surface area contributed by atoms with E-state index in [0.717, 1.165) is 10.6 Å². The molecule has 2 aromatic heterocycles. The molecule has 108 valence electrons. The summed E-state index contributed by atoms with van der Waals surface area (Å²) in [6, 6.07) is -0.411. The Morgan fingerprint density at radius 1 is 1.50 bits per heavy atom. The summed E-state index contributed by atoms with van der Waals surface area (Å²) in [5, 5.41) is 11.5. The number of hydrogen-bond acceptors (Lipinski definition) is 5. The molecule has 0 aromatic carbocycles. The molecule has 8 heteroatoms. The maximum atomic E-state index is 12.1. The van der Waals surface area contributed by atoms with Crippen molar-refractivity contribution in [1.82, 2.24) is 24.7 Å². The average Bonchev–Trinajstić information content (AvgIpc) is 3.03. The van der Waals surface area contributed by atoms with Crippen molar-refractivity contribution in [2.75, 3.05) is 0 Å². The van der Waals surface area contributed by atoms with Crippen molar-refractivity contribution in [1.29, 1.82) is 0 Å². The number of hydrogen-bond donors (Lipinski definition) is 1.